The molecule has 0 saturated carbocycles. The van der Waals surface area contributed by atoms with Gasteiger partial charge in [-0.3, -0.25) is 4.79 Å². The molecule has 162 valence electrons. The predicted molar refractivity (Wildman–Crippen MR) is 107 cm³/mol. The number of amides is 1. The minimum Gasteiger partial charge on any atom is -0.355 e. The van der Waals surface area contributed by atoms with Crippen molar-refractivity contribution in [3.63, 3.8) is 0 Å². The first-order chi connectivity index (χ1) is 14.8. The smallest absolute Gasteiger partial charge is 0.355 e. The summed E-state index contributed by atoms with van der Waals surface area (Å²) in [6.45, 7) is 2.22. The Morgan fingerprint density at radius 1 is 1.23 bits per heavy atom. The molecule has 0 aliphatic carbocycles. The van der Waals surface area contributed by atoms with E-state index in [4.69, 9.17) is 4.52 Å². The van der Waals surface area contributed by atoms with Crippen LogP contribution in [0.5, 0.6) is 0 Å². The lowest BCUT2D eigenvalue weighted by Gasteiger charge is -2.34. The summed E-state index contributed by atoms with van der Waals surface area (Å²) in [6, 6.07) is 9.31. The molecule has 0 radical (unpaired) electrons. The van der Waals surface area contributed by atoms with E-state index in [9.17, 15) is 18.0 Å². The van der Waals surface area contributed by atoms with Crippen molar-refractivity contribution in [1.29, 1.82) is 0 Å². The van der Waals surface area contributed by atoms with Crippen LogP contribution in [-0.2, 0) is 11.0 Å². The molecular formula is C21H20F3N5O2. The highest BCUT2D eigenvalue weighted by atomic mass is 19.4. The molecule has 1 atom stereocenters. The molecule has 1 fully saturated rings. The van der Waals surface area contributed by atoms with Crippen LogP contribution in [0.3, 0.4) is 0 Å². The third-order valence-corrected chi connectivity index (χ3v) is 5.14. The monoisotopic (exact) mass is 431 g/mol. The summed E-state index contributed by atoms with van der Waals surface area (Å²) in [5.74, 6) is -0.161. The Morgan fingerprint density at radius 3 is 2.77 bits per heavy atom. The highest BCUT2D eigenvalue weighted by Crippen LogP contribution is 2.36. The van der Waals surface area contributed by atoms with Crippen molar-refractivity contribution < 1.29 is 22.5 Å². The molecule has 0 spiro atoms. The molecular weight excluding hydrogens is 411 g/mol. The van der Waals surface area contributed by atoms with Crippen molar-refractivity contribution >= 4 is 17.4 Å². The second-order valence-corrected chi connectivity index (χ2v) is 7.33. The van der Waals surface area contributed by atoms with E-state index in [2.05, 4.69) is 20.4 Å². The summed E-state index contributed by atoms with van der Waals surface area (Å²) in [5, 5.41) is 6.77. The molecule has 2 aromatic heterocycles. The number of hydrogen-bond donors (Lipinski definition) is 1. The average Bonchev–Trinajstić information content (AvgIpc) is 3.19. The Hall–Kier alpha value is -3.43. The van der Waals surface area contributed by atoms with Crippen LogP contribution in [0.2, 0.25) is 0 Å². The number of hydrogen-bond acceptors (Lipinski definition) is 6. The van der Waals surface area contributed by atoms with Gasteiger partial charge in [-0.15, -0.1) is 0 Å². The summed E-state index contributed by atoms with van der Waals surface area (Å²) in [5.41, 5.74) is 0.317. The van der Waals surface area contributed by atoms with Gasteiger partial charge in [-0.2, -0.15) is 18.2 Å². The summed E-state index contributed by atoms with van der Waals surface area (Å²) in [6.07, 6.45) is -2.03. The number of nitrogens with one attached hydrogen (secondary N) is 1. The van der Waals surface area contributed by atoms with Gasteiger partial charge >= 0.3 is 6.18 Å². The lowest BCUT2D eigenvalue weighted by Crippen LogP contribution is -2.42. The maximum absolute atomic E-state index is 13.4. The highest BCUT2D eigenvalue weighted by molar-refractivity contribution is 5.96. The van der Waals surface area contributed by atoms with Crippen molar-refractivity contribution in [2.75, 3.05) is 23.3 Å². The zero-order chi connectivity index (χ0) is 22.0. The lowest BCUT2D eigenvalue weighted by atomic mass is 9.96. The van der Waals surface area contributed by atoms with Gasteiger partial charge in [-0.05, 0) is 37.1 Å². The number of aromatic nitrogens is 3. The normalized spacial score (nSPS) is 16.9. The number of anilines is 2. The van der Waals surface area contributed by atoms with Crippen LogP contribution < -0.4 is 10.2 Å². The van der Waals surface area contributed by atoms with Gasteiger partial charge < -0.3 is 14.7 Å². The van der Waals surface area contributed by atoms with Gasteiger partial charge in [0.25, 0.3) is 0 Å². The van der Waals surface area contributed by atoms with E-state index < -0.39 is 17.7 Å². The molecule has 1 aliphatic heterocycles. The standard InChI is InChI=1S/C21H20F3N5O2/c1-13-26-18(28-31-13)15-7-2-3-9-17(15)27-20(30)14-6-5-11-29(12-14)19-16(21(22,23)24)8-4-10-25-19/h2-4,7-10,14H,5-6,11-12H2,1H3,(H,27,30). The molecule has 1 aliphatic rings. The van der Waals surface area contributed by atoms with E-state index >= 15 is 0 Å². The Kier molecular flexibility index (Phi) is 5.62. The SMILES string of the molecule is Cc1nc(-c2ccccc2NC(=O)C2CCCN(c3ncccc3C(F)(F)F)C2)no1. The lowest BCUT2D eigenvalue weighted by molar-refractivity contribution is -0.137. The number of nitrogens with zero attached hydrogens (tertiary/aromatic N) is 4. The summed E-state index contributed by atoms with van der Waals surface area (Å²) >= 11 is 0. The van der Waals surface area contributed by atoms with E-state index in [1.54, 1.807) is 31.2 Å². The van der Waals surface area contributed by atoms with Crippen LogP contribution >= 0.6 is 0 Å². The fourth-order valence-corrected chi connectivity index (χ4v) is 3.68. The van der Waals surface area contributed by atoms with Crippen LogP contribution in [0.4, 0.5) is 24.7 Å². The Morgan fingerprint density at radius 2 is 2.03 bits per heavy atom. The van der Waals surface area contributed by atoms with Gasteiger partial charge in [-0.1, -0.05) is 17.3 Å². The van der Waals surface area contributed by atoms with Gasteiger partial charge in [0.2, 0.25) is 17.6 Å². The fourth-order valence-electron chi connectivity index (χ4n) is 3.68. The van der Waals surface area contributed by atoms with Crippen LogP contribution in [0.15, 0.2) is 47.1 Å². The Bertz CT molecular complexity index is 1080. The van der Waals surface area contributed by atoms with Crippen LogP contribution in [0, 0.1) is 12.8 Å². The number of alkyl halides is 3. The number of halogens is 3. The average molecular weight is 431 g/mol. The first kappa shape index (κ1) is 20.8. The molecule has 4 rings (SSSR count). The van der Waals surface area contributed by atoms with E-state index in [1.807, 2.05) is 0 Å². The molecule has 31 heavy (non-hydrogen) atoms. The third kappa shape index (κ3) is 4.52. The largest absolute Gasteiger partial charge is 0.419 e. The van der Waals surface area contributed by atoms with Gasteiger partial charge in [0.05, 0.1) is 17.2 Å². The Balaban J connectivity index is 1.53. The number of para-hydroxylation sites is 1. The number of aryl methyl sites for hydroxylation is 1. The third-order valence-electron chi connectivity index (χ3n) is 5.14. The number of rotatable bonds is 4. The minimum absolute atomic E-state index is 0.143. The van der Waals surface area contributed by atoms with Crippen molar-refractivity contribution in [2.45, 2.75) is 25.9 Å². The summed E-state index contributed by atoms with van der Waals surface area (Å²) < 4.78 is 45.2. The molecule has 1 amide bonds. The van der Waals surface area contributed by atoms with E-state index in [1.165, 1.54) is 17.2 Å². The topological polar surface area (TPSA) is 84.2 Å². The number of piperidine rings is 1. The predicted octanol–water partition coefficient (Wildman–Crippen LogP) is 4.31. The number of pyridine rings is 1. The first-order valence-electron chi connectivity index (χ1n) is 9.80. The molecule has 0 bridgehead atoms. The molecule has 10 heteroatoms. The van der Waals surface area contributed by atoms with Crippen LogP contribution in [0.1, 0.15) is 24.3 Å². The number of benzene rings is 1. The van der Waals surface area contributed by atoms with Crippen LogP contribution in [-0.4, -0.2) is 34.1 Å². The maximum atomic E-state index is 13.4. The summed E-state index contributed by atoms with van der Waals surface area (Å²) in [7, 11) is 0. The molecule has 1 unspecified atom stereocenters. The van der Waals surface area contributed by atoms with E-state index in [0.717, 1.165) is 6.07 Å². The van der Waals surface area contributed by atoms with Gasteiger partial charge in [0.1, 0.15) is 5.82 Å². The van der Waals surface area contributed by atoms with Crippen molar-refractivity contribution in [3.8, 4) is 11.4 Å². The minimum atomic E-state index is -4.51. The van der Waals surface area contributed by atoms with Gasteiger partial charge in [0.15, 0.2) is 0 Å². The highest BCUT2D eigenvalue weighted by Gasteiger charge is 2.37. The molecule has 3 aromatic rings. The second kappa shape index (κ2) is 8.37. The number of carbonyl (C=O) groups is 1. The Labute approximate surface area is 176 Å². The fraction of sp³-hybridized carbons (Fsp3) is 0.333. The van der Waals surface area contributed by atoms with Crippen molar-refractivity contribution in [2.24, 2.45) is 5.92 Å². The van der Waals surface area contributed by atoms with Gasteiger partial charge in [0, 0.05) is 31.8 Å². The summed E-state index contributed by atoms with van der Waals surface area (Å²) in [4.78, 5) is 22.6. The quantitative estimate of drug-likeness (QED) is 0.663. The molecule has 1 saturated heterocycles. The molecule has 7 nitrogen and oxygen atoms in total. The number of carbonyl (C=O) groups excluding carboxylic acids is 1. The van der Waals surface area contributed by atoms with E-state index in [0.29, 0.717) is 42.4 Å². The second-order valence-electron chi connectivity index (χ2n) is 7.33. The molecule has 3 heterocycles. The van der Waals surface area contributed by atoms with E-state index in [-0.39, 0.29) is 18.3 Å². The maximum Gasteiger partial charge on any atom is 0.419 e. The van der Waals surface area contributed by atoms with Crippen molar-refractivity contribution in [1.82, 2.24) is 15.1 Å². The van der Waals surface area contributed by atoms with Crippen molar-refractivity contribution in [3.05, 3.63) is 54.0 Å². The zero-order valence-electron chi connectivity index (χ0n) is 16.7. The van der Waals surface area contributed by atoms with Crippen LogP contribution in [0.25, 0.3) is 11.4 Å². The molecule has 1 N–H and O–H groups in total. The molecule has 1 aromatic carbocycles. The first-order valence-corrected chi connectivity index (χ1v) is 9.80. The zero-order valence-corrected chi connectivity index (χ0v) is 16.7. The van der Waals surface area contributed by atoms with Gasteiger partial charge in [-0.25, -0.2) is 4.98 Å².